The molecule has 0 fully saturated rings. The second kappa shape index (κ2) is 5.27. The molecular weight excluding hydrogens is 266 g/mol. The van der Waals surface area contributed by atoms with Gasteiger partial charge in [-0.2, -0.15) is 0 Å². The highest BCUT2D eigenvalue weighted by molar-refractivity contribution is 6.04. The van der Waals surface area contributed by atoms with Crippen molar-refractivity contribution in [2.24, 2.45) is 0 Å². The van der Waals surface area contributed by atoms with Crippen molar-refractivity contribution in [2.75, 3.05) is 5.32 Å². The first-order chi connectivity index (χ1) is 9.47. The highest BCUT2D eigenvalue weighted by atomic mass is 16.4. The molecule has 7 nitrogen and oxygen atoms in total. The van der Waals surface area contributed by atoms with E-state index in [0.29, 0.717) is 0 Å². The quantitative estimate of drug-likeness (QED) is 0.784. The van der Waals surface area contributed by atoms with Gasteiger partial charge in [-0.05, 0) is 30.3 Å². The van der Waals surface area contributed by atoms with Crippen LogP contribution in [-0.4, -0.2) is 28.1 Å². The van der Waals surface area contributed by atoms with Crippen LogP contribution in [0.4, 0.5) is 5.69 Å². The number of furan rings is 1. The number of benzene rings is 1. The normalized spacial score (nSPS) is 10.0. The van der Waals surface area contributed by atoms with Gasteiger partial charge in [-0.25, -0.2) is 9.59 Å². The second-order valence-electron chi connectivity index (χ2n) is 3.84. The molecule has 0 bridgehead atoms. The van der Waals surface area contributed by atoms with E-state index in [1.165, 1.54) is 18.4 Å². The summed E-state index contributed by atoms with van der Waals surface area (Å²) < 4.78 is 4.88. The number of carbonyl (C=O) groups excluding carboxylic acids is 1. The summed E-state index contributed by atoms with van der Waals surface area (Å²) >= 11 is 0. The standard InChI is InChI=1S/C13H9NO6/c15-11(10-2-1-3-20-10)14-9-5-7(12(16)17)4-8(6-9)13(18)19/h1-6H,(H,14,15)(H,16,17)(H,18,19). The minimum Gasteiger partial charge on any atom is -0.478 e. The van der Waals surface area contributed by atoms with Gasteiger partial charge in [-0.3, -0.25) is 4.79 Å². The van der Waals surface area contributed by atoms with Gasteiger partial charge in [0.05, 0.1) is 17.4 Å². The van der Waals surface area contributed by atoms with E-state index in [1.54, 1.807) is 0 Å². The number of amides is 1. The molecule has 1 aromatic carbocycles. The second-order valence-corrected chi connectivity index (χ2v) is 3.84. The molecule has 0 unspecified atom stereocenters. The maximum absolute atomic E-state index is 11.7. The lowest BCUT2D eigenvalue weighted by Gasteiger charge is -2.06. The first-order valence-electron chi connectivity index (χ1n) is 5.44. The van der Waals surface area contributed by atoms with Gasteiger partial charge < -0.3 is 19.9 Å². The van der Waals surface area contributed by atoms with Crippen molar-refractivity contribution >= 4 is 23.5 Å². The fourth-order valence-electron chi connectivity index (χ4n) is 1.55. The molecular formula is C13H9NO6. The molecule has 20 heavy (non-hydrogen) atoms. The summed E-state index contributed by atoms with van der Waals surface area (Å²) in [6, 6.07) is 6.28. The van der Waals surface area contributed by atoms with Crippen LogP contribution in [0.2, 0.25) is 0 Å². The number of carboxylic acids is 2. The number of hydrogen-bond acceptors (Lipinski definition) is 4. The zero-order chi connectivity index (χ0) is 14.7. The number of nitrogens with one attached hydrogen (secondary N) is 1. The number of carbonyl (C=O) groups is 3. The van der Waals surface area contributed by atoms with E-state index in [-0.39, 0.29) is 22.6 Å². The minimum absolute atomic E-state index is 0.0302. The Morgan fingerprint density at radius 3 is 2.05 bits per heavy atom. The van der Waals surface area contributed by atoms with Crippen LogP contribution < -0.4 is 5.32 Å². The van der Waals surface area contributed by atoms with Gasteiger partial charge in [0.25, 0.3) is 5.91 Å². The topological polar surface area (TPSA) is 117 Å². The third-order valence-electron chi connectivity index (χ3n) is 2.43. The van der Waals surface area contributed by atoms with E-state index in [1.807, 2.05) is 0 Å². The first kappa shape index (κ1) is 13.3. The molecule has 0 saturated heterocycles. The monoisotopic (exact) mass is 275 g/mol. The van der Waals surface area contributed by atoms with Crippen LogP contribution in [0.15, 0.2) is 41.0 Å². The Morgan fingerprint density at radius 1 is 1.00 bits per heavy atom. The van der Waals surface area contributed by atoms with Gasteiger partial charge in [-0.1, -0.05) is 0 Å². The van der Waals surface area contributed by atoms with E-state index in [2.05, 4.69) is 5.32 Å². The van der Waals surface area contributed by atoms with Crippen LogP contribution in [0.1, 0.15) is 31.3 Å². The van der Waals surface area contributed by atoms with Gasteiger partial charge in [0, 0.05) is 5.69 Å². The Bertz CT molecular complexity index is 642. The number of hydrogen-bond donors (Lipinski definition) is 3. The van der Waals surface area contributed by atoms with Crippen molar-refractivity contribution < 1.29 is 29.0 Å². The summed E-state index contributed by atoms with van der Waals surface area (Å²) in [6.07, 6.45) is 1.31. The molecule has 0 aliphatic rings. The van der Waals surface area contributed by atoms with E-state index >= 15 is 0 Å². The smallest absolute Gasteiger partial charge is 0.335 e. The molecule has 1 amide bonds. The average Bonchev–Trinajstić information content (AvgIpc) is 2.92. The van der Waals surface area contributed by atoms with E-state index < -0.39 is 17.8 Å². The molecule has 102 valence electrons. The van der Waals surface area contributed by atoms with Crippen LogP contribution in [0, 0.1) is 0 Å². The van der Waals surface area contributed by atoms with Gasteiger partial charge >= 0.3 is 11.9 Å². The molecule has 0 spiro atoms. The molecule has 3 N–H and O–H groups in total. The maximum atomic E-state index is 11.7. The molecule has 0 radical (unpaired) electrons. The van der Waals surface area contributed by atoms with Crippen LogP contribution >= 0.6 is 0 Å². The lowest BCUT2D eigenvalue weighted by atomic mass is 10.1. The van der Waals surface area contributed by atoms with Gasteiger partial charge in [0.1, 0.15) is 0 Å². The summed E-state index contributed by atoms with van der Waals surface area (Å²) in [5.41, 5.74) is -0.414. The van der Waals surface area contributed by atoms with Crippen molar-refractivity contribution in [3.05, 3.63) is 53.5 Å². The number of aromatic carboxylic acids is 2. The van der Waals surface area contributed by atoms with Crippen molar-refractivity contribution in [1.82, 2.24) is 0 Å². The highest BCUT2D eigenvalue weighted by Crippen LogP contribution is 2.16. The van der Waals surface area contributed by atoms with Crippen molar-refractivity contribution in [1.29, 1.82) is 0 Å². The molecule has 1 heterocycles. The van der Waals surface area contributed by atoms with Crippen LogP contribution in [0.25, 0.3) is 0 Å². The zero-order valence-corrected chi connectivity index (χ0v) is 9.99. The fraction of sp³-hybridized carbons (Fsp3) is 0. The van der Waals surface area contributed by atoms with Gasteiger partial charge in [-0.15, -0.1) is 0 Å². The Kier molecular flexibility index (Phi) is 3.52. The maximum Gasteiger partial charge on any atom is 0.335 e. The summed E-state index contributed by atoms with van der Waals surface area (Å²) in [5.74, 6) is -3.15. The highest BCUT2D eigenvalue weighted by Gasteiger charge is 2.14. The van der Waals surface area contributed by atoms with Crippen LogP contribution in [0.3, 0.4) is 0 Å². The average molecular weight is 275 g/mol. The molecule has 7 heteroatoms. The lowest BCUT2D eigenvalue weighted by Crippen LogP contribution is -2.12. The zero-order valence-electron chi connectivity index (χ0n) is 9.99. The SMILES string of the molecule is O=C(O)c1cc(NC(=O)c2ccco2)cc(C(=O)O)c1. The molecule has 0 atom stereocenters. The Hall–Kier alpha value is -3.09. The van der Waals surface area contributed by atoms with Crippen LogP contribution in [0.5, 0.6) is 0 Å². The van der Waals surface area contributed by atoms with Crippen molar-refractivity contribution in [3.8, 4) is 0 Å². The Balaban J connectivity index is 2.33. The van der Waals surface area contributed by atoms with Gasteiger partial charge in [0.15, 0.2) is 5.76 Å². The predicted molar refractivity (Wildman–Crippen MR) is 67.0 cm³/mol. The molecule has 0 saturated carbocycles. The lowest BCUT2D eigenvalue weighted by molar-refractivity contribution is 0.0696. The molecule has 0 aliphatic heterocycles. The molecule has 1 aromatic heterocycles. The van der Waals surface area contributed by atoms with E-state index in [0.717, 1.165) is 18.2 Å². The third-order valence-corrected chi connectivity index (χ3v) is 2.43. The molecule has 2 aromatic rings. The minimum atomic E-state index is -1.29. The van der Waals surface area contributed by atoms with E-state index in [4.69, 9.17) is 14.6 Å². The summed E-state index contributed by atoms with van der Waals surface area (Å²) in [6.45, 7) is 0. The summed E-state index contributed by atoms with van der Waals surface area (Å²) in [5, 5.41) is 20.2. The summed E-state index contributed by atoms with van der Waals surface area (Å²) in [7, 11) is 0. The van der Waals surface area contributed by atoms with Gasteiger partial charge in [0.2, 0.25) is 0 Å². The Morgan fingerprint density at radius 2 is 1.60 bits per heavy atom. The first-order valence-corrected chi connectivity index (χ1v) is 5.44. The number of carboxylic acid groups (broad SMARTS) is 2. The van der Waals surface area contributed by atoms with Crippen molar-refractivity contribution in [3.63, 3.8) is 0 Å². The summed E-state index contributed by atoms with van der Waals surface area (Å²) in [4.78, 5) is 33.6. The largest absolute Gasteiger partial charge is 0.478 e. The van der Waals surface area contributed by atoms with E-state index in [9.17, 15) is 14.4 Å². The Labute approximate surface area is 112 Å². The number of rotatable bonds is 4. The van der Waals surface area contributed by atoms with Crippen LogP contribution in [-0.2, 0) is 0 Å². The van der Waals surface area contributed by atoms with Crippen molar-refractivity contribution in [2.45, 2.75) is 0 Å². The predicted octanol–water partition coefficient (Wildman–Crippen LogP) is 1.93. The fourth-order valence-corrected chi connectivity index (χ4v) is 1.55. The third kappa shape index (κ3) is 2.83. The molecule has 2 rings (SSSR count). The molecule has 0 aliphatic carbocycles. The number of anilines is 1.